The molecule has 0 aliphatic heterocycles. The molecule has 0 aliphatic carbocycles. The second-order valence-corrected chi connectivity index (χ2v) is 2.07. The van der Waals surface area contributed by atoms with Gasteiger partial charge in [-0.15, -0.1) is 0 Å². The minimum atomic E-state index is 0. The van der Waals surface area contributed by atoms with Crippen LogP contribution in [0.25, 0.3) is 0 Å². The van der Waals surface area contributed by atoms with Gasteiger partial charge in [-0.25, -0.2) is 4.79 Å². The van der Waals surface area contributed by atoms with Gasteiger partial charge in [0.15, 0.2) is 0 Å². The Morgan fingerprint density at radius 3 is 1.22 bits per heavy atom. The van der Waals surface area contributed by atoms with Crippen molar-refractivity contribution in [2.24, 2.45) is 0 Å². The SMILES string of the molecule is CN(C)C(=O)N(C)C.F. The maximum atomic E-state index is 10.7. The lowest BCUT2D eigenvalue weighted by atomic mass is 10.7. The van der Waals surface area contributed by atoms with Gasteiger partial charge in [-0.3, -0.25) is 4.70 Å². The van der Waals surface area contributed by atoms with Crippen LogP contribution in [-0.2, 0) is 0 Å². The summed E-state index contributed by atoms with van der Waals surface area (Å²) in [5.41, 5.74) is 0. The molecule has 0 atom stereocenters. The molecule has 0 aromatic carbocycles. The minimum absolute atomic E-state index is 0. The number of carbonyl (C=O) groups excluding carboxylic acids is 1. The Labute approximate surface area is 54.6 Å². The number of hydrogen-bond acceptors (Lipinski definition) is 1. The quantitative estimate of drug-likeness (QED) is 0.472. The number of rotatable bonds is 0. The van der Waals surface area contributed by atoms with E-state index in [1.54, 1.807) is 28.2 Å². The summed E-state index contributed by atoms with van der Waals surface area (Å²) >= 11 is 0. The zero-order chi connectivity index (χ0) is 6.73. The van der Waals surface area contributed by atoms with Crippen LogP contribution < -0.4 is 0 Å². The zero-order valence-electron chi connectivity index (χ0n) is 6.21. The Hall–Kier alpha value is -0.800. The first kappa shape index (κ1) is 11.1. The van der Waals surface area contributed by atoms with E-state index in [-0.39, 0.29) is 10.7 Å². The van der Waals surface area contributed by atoms with Crippen LogP contribution in [0.3, 0.4) is 0 Å². The fourth-order valence-electron chi connectivity index (χ4n) is 0.400. The average Bonchev–Trinajstić information content (AvgIpc) is 1.64. The topological polar surface area (TPSA) is 23.6 Å². The molecule has 0 rings (SSSR count). The van der Waals surface area contributed by atoms with Gasteiger partial charge in [0, 0.05) is 28.2 Å². The van der Waals surface area contributed by atoms with Crippen LogP contribution in [0.4, 0.5) is 9.50 Å². The summed E-state index contributed by atoms with van der Waals surface area (Å²) in [6, 6.07) is 0.0185. The van der Waals surface area contributed by atoms with Crippen molar-refractivity contribution in [1.29, 1.82) is 0 Å². The zero-order valence-corrected chi connectivity index (χ0v) is 6.21. The van der Waals surface area contributed by atoms with Crippen molar-refractivity contribution in [1.82, 2.24) is 9.80 Å². The molecule has 0 bridgehead atoms. The van der Waals surface area contributed by atoms with Crippen molar-refractivity contribution in [2.75, 3.05) is 28.2 Å². The average molecular weight is 136 g/mol. The van der Waals surface area contributed by atoms with Crippen molar-refractivity contribution < 1.29 is 9.50 Å². The first-order chi connectivity index (χ1) is 3.55. The number of hydrogen-bond donors (Lipinski definition) is 0. The maximum Gasteiger partial charge on any atom is 0.318 e. The number of urea groups is 1. The van der Waals surface area contributed by atoms with Crippen LogP contribution in [0.15, 0.2) is 0 Å². The van der Waals surface area contributed by atoms with E-state index in [1.807, 2.05) is 0 Å². The lowest BCUT2D eigenvalue weighted by molar-refractivity contribution is 0.191. The molecule has 56 valence electrons. The van der Waals surface area contributed by atoms with E-state index in [9.17, 15) is 4.79 Å². The summed E-state index contributed by atoms with van der Waals surface area (Å²) in [4.78, 5) is 13.8. The summed E-state index contributed by atoms with van der Waals surface area (Å²) in [6.45, 7) is 0. The molecule has 3 nitrogen and oxygen atoms in total. The van der Waals surface area contributed by atoms with Crippen molar-refractivity contribution >= 4 is 6.03 Å². The van der Waals surface area contributed by atoms with Crippen LogP contribution in [0.2, 0.25) is 0 Å². The summed E-state index contributed by atoms with van der Waals surface area (Å²) in [5.74, 6) is 0. The van der Waals surface area contributed by atoms with Crippen molar-refractivity contribution in [3.8, 4) is 0 Å². The Morgan fingerprint density at radius 1 is 1.00 bits per heavy atom. The van der Waals surface area contributed by atoms with Gasteiger partial charge in [-0.1, -0.05) is 0 Å². The van der Waals surface area contributed by atoms with E-state index in [4.69, 9.17) is 0 Å². The van der Waals surface area contributed by atoms with Crippen LogP contribution in [-0.4, -0.2) is 44.0 Å². The van der Waals surface area contributed by atoms with Crippen molar-refractivity contribution in [3.63, 3.8) is 0 Å². The second-order valence-electron chi connectivity index (χ2n) is 2.07. The molecule has 0 spiro atoms. The normalized spacial score (nSPS) is 7.56. The molecule has 0 radical (unpaired) electrons. The van der Waals surface area contributed by atoms with Gasteiger partial charge in [0.05, 0.1) is 0 Å². The first-order valence-corrected chi connectivity index (χ1v) is 2.44. The second kappa shape index (κ2) is 4.12. The standard InChI is InChI=1S/C5H12N2O.FH/c1-6(2)5(8)7(3)4;/h1-4H3;1H. The van der Waals surface area contributed by atoms with Gasteiger partial charge in [-0.2, -0.15) is 0 Å². The van der Waals surface area contributed by atoms with Gasteiger partial charge in [-0.05, 0) is 0 Å². The van der Waals surface area contributed by atoms with Crippen molar-refractivity contribution in [2.45, 2.75) is 0 Å². The summed E-state index contributed by atoms with van der Waals surface area (Å²) in [5, 5.41) is 0. The highest BCUT2D eigenvalue weighted by atomic mass is 19.0. The highest BCUT2D eigenvalue weighted by Gasteiger charge is 2.02. The molecule has 0 aliphatic rings. The third-order valence-electron chi connectivity index (χ3n) is 0.765. The predicted molar refractivity (Wildman–Crippen MR) is 35.3 cm³/mol. The lowest BCUT2D eigenvalue weighted by Gasteiger charge is -2.16. The van der Waals surface area contributed by atoms with Gasteiger partial charge in [0.1, 0.15) is 0 Å². The number of carbonyl (C=O) groups is 1. The van der Waals surface area contributed by atoms with E-state index >= 15 is 0 Å². The molecule has 0 heterocycles. The molecule has 2 amide bonds. The molecule has 9 heavy (non-hydrogen) atoms. The third-order valence-corrected chi connectivity index (χ3v) is 0.765. The monoisotopic (exact) mass is 136 g/mol. The number of halogens is 1. The molecule has 0 N–H and O–H groups in total. The van der Waals surface area contributed by atoms with E-state index in [0.29, 0.717) is 0 Å². The van der Waals surface area contributed by atoms with Crippen LogP contribution >= 0.6 is 0 Å². The lowest BCUT2D eigenvalue weighted by Crippen LogP contribution is -2.33. The van der Waals surface area contributed by atoms with Gasteiger partial charge in [0.2, 0.25) is 0 Å². The van der Waals surface area contributed by atoms with Gasteiger partial charge in [0.25, 0.3) is 0 Å². The van der Waals surface area contributed by atoms with Crippen LogP contribution in [0.1, 0.15) is 0 Å². The summed E-state index contributed by atoms with van der Waals surface area (Å²) in [7, 11) is 6.90. The van der Waals surface area contributed by atoms with E-state index < -0.39 is 0 Å². The molecule has 0 aromatic heterocycles. The van der Waals surface area contributed by atoms with Gasteiger partial charge >= 0.3 is 6.03 Å². The number of nitrogens with zero attached hydrogens (tertiary/aromatic N) is 2. The van der Waals surface area contributed by atoms with Crippen LogP contribution in [0, 0.1) is 0 Å². The number of amides is 2. The molecular weight excluding hydrogens is 123 g/mol. The smallest absolute Gasteiger partial charge is 0.318 e. The molecule has 0 fully saturated rings. The molecule has 0 aromatic rings. The fraction of sp³-hybridized carbons (Fsp3) is 0.800. The Morgan fingerprint density at radius 2 is 1.22 bits per heavy atom. The van der Waals surface area contributed by atoms with Gasteiger partial charge < -0.3 is 9.80 Å². The minimum Gasteiger partial charge on any atom is -0.331 e. The van der Waals surface area contributed by atoms with E-state index in [1.165, 1.54) is 9.80 Å². The highest BCUT2D eigenvalue weighted by molar-refractivity contribution is 5.72. The summed E-state index contributed by atoms with van der Waals surface area (Å²) < 4.78 is 0. The first-order valence-electron chi connectivity index (χ1n) is 2.44. The third kappa shape index (κ3) is 3.76. The summed E-state index contributed by atoms with van der Waals surface area (Å²) in [6.07, 6.45) is 0. The van der Waals surface area contributed by atoms with E-state index in [0.717, 1.165) is 0 Å². The Balaban J connectivity index is 0. The molecule has 4 heteroatoms. The molecular formula is C5H13FN2O. The van der Waals surface area contributed by atoms with Crippen molar-refractivity contribution in [3.05, 3.63) is 0 Å². The molecule has 0 unspecified atom stereocenters. The predicted octanol–water partition coefficient (Wildman–Crippen LogP) is 0.382. The Kier molecular flexibility index (Phi) is 5.06. The Bertz CT molecular complexity index is 83.0. The largest absolute Gasteiger partial charge is 0.331 e. The maximum absolute atomic E-state index is 10.7. The highest BCUT2D eigenvalue weighted by Crippen LogP contribution is 1.83. The molecule has 0 saturated heterocycles. The van der Waals surface area contributed by atoms with Crippen LogP contribution in [0.5, 0.6) is 0 Å². The van der Waals surface area contributed by atoms with E-state index in [2.05, 4.69) is 0 Å². The molecule has 0 saturated carbocycles. The fourth-order valence-corrected chi connectivity index (χ4v) is 0.400.